The Labute approximate surface area is 90.6 Å². The van der Waals surface area contributed by atoms with Crippen molar-refractivity contribution in [2.45, 2.75) is 26.3 Å². The Balaban J connectivity index is 2.53. The van der Waals surface area contributed by atoms with Crippen LogP contribution in [0.15, 0.2) is 0 Å². The van der Waals surface area contributed by atoms with E-state index in [1.807, 2.05) is 4.90 Å². The van der Waals surface area contributed by atoms with Crippen LogP contribution >= 0.6 is 11.6 Å². The molecule has 2 N–H and O–H groups in total. The second kappa shape index (κ2) is 4.99. The van der Waals surface area contributed by atoms with Gasteiger partial charge in [-0.2, -0.15) is 0 Å². The third-order valence-electron chi connectivity index (χ3n) is 2.99. The van der Waals surface area contributed by atoms with E-state index in [-0.39, 0.29) is 11.9 Å². The fourth-order valence-electron chi connectivity index (χ4n) is 2.02. The van der Waals surface area contributed by atoms with Crippen molar-refractivity contribution in [1.82, 2.24) is 4.90 Å². The van der Waals surface area contributed by atoms with E-state index in [4.69, 9.17) is 17.3 Å². The zero-order valence-electron chi connectivity index (χ0n) is 8.87. The molecule has 0 radical (unpaired) electrons. The summed E-state index contributed by atoms with van der Waals surface area (Å²) < 4.78 is 0. The molecule has 2 unspecified atom stereocenters. The van der Waals surface area contributed by atoms with Gasteiger partial charge in [0.25, 0.3) is 0 Å². The molecule has 1 aliphatic heterocycles. The minimum atomic E-state index is 0.158. The van der Waals surface area contributed by atoms with Crippen molar-refractivity contribution >= 4 is 17.5 Å². The molecule has 0 aromatic carbocycles. The van der Waals surface area contributed by atoms with Crippen molar-refractivity contribution in [1.29, 1.82) is 0 Å². The summed E-state index contributed by atoms with van der Waals surface area (Å²) in [7, 11) is 0. The van der Waals surface area contributed by atoms with E-state index in [9.17, 15) is 4.79 Å². The molecule has 1 amide bonds. The van der Waals surface area contributed by atoms with Crippen LogP contribution in [0.1, 0.15) is 20.3 Å². The average Bonchev–Trinajstić information content (AvgIpc) is 2.13. The lowest BCUT2D eigenvalue weighted by Gasteiger charge is -2.39. The molecule has 1 saturated heterocycles. The molecular formula is C10H19ClN2O. The molecule has 14 heavy (non-hydrogen) atoms. The van der Waals surface area contributed by atoms with Crippen LogP contribution in [0.5, 0.6) is 0 Å². The molecule has 0 aromatic rings. The van der Waals surface area contributed by atoms with Crippen molar-refractivity contribution in [3.63, 3.8) is 0 Å². The Morgan fingerprint density at radius 3 is 2.36 bits per heavy atom. The maximum atomic E-state index is 11.6. The van der Waals surface area contributed by atoms with Gasteiger partial charge in [0, 0.05) is 31.4 Å². The third kappa shape index (κ3) is 2.61. The van der Waals surface area contributed by atoms with Crippen LogP contribution in [-0.2, 0) is 4.79 Å². The first-order chi connectivity index (χ1) is 6.56. The molecule has 0 spiro atoms. The summed E-state index contributed by atoms with van der Waals surface area (Å²) in [6, 6.07) is 0.218. The number of nitrogens with two attached hydrogens (primary N) is 1. The van der Waals surface area contributed by atoms with Gasteiger partial charge in [-0.05, 0) is 11.8 Å². The minimum absolute atomic E-state index is 0.158. The summed E-state index contributed by atoms with van der Waals surface area (Å²) in [5.74, 6) is 1.34. The Morgan fingerprint density at radius 1 is 1.43 bits per heavy atom. The highest BCUT2D eigenvalue weighted by Crippen LogP contribution is 2.20. The largest absolute Gasteiger partial charge is 0.342 e. The second-order valence-electron chi connectivity index (χ2n) is 4.27. The summed E-state index contributed by atoms with van der Waals surface area (Å²) in [6.07, 6.45) is 0.441. The highest BCUT2D eigenvalue weighted by molar-refractivity contribution is 6.18. The molecule has 0 saturated carbocycles. The van der Waals surface area contributed by atoms with Gasteiger partial charge in [0.2, 0.25) is 5.91 Å². The molecule has 1 fully saturated rings. The predicted octanol–water partition coefficient (Wildman–Crippen LogP) is 1.06. The number of carbonyl (C=O) groups excluding carboxylic acids is 1. The summed E-state index contributed by atoms with van der Waals surface area (Å²) in [5, 5.41) is 0. The van der Waals surface area contributed by atoms with Crippen LogP contribution < -0.4 is 5.73 Å². The molecule has 0 aliphatic carbocycles. The van der Waals surface area contributed by atoms with E-state index < -0.39 is 0 Å². The smallest absolute Gasteiger partial charge is 0.223 e. The lowest BCUT2D eigenvalue weighted by Crippen LogP contribution is -2.53. The second-order valence-corrected chi connectivity index (χ2v) is 4.65. The lowest BCUT2D eigenvalue weighted by molar-refractivity contribution is -0.133. The number of carbonyl (C=O) groups is 1. The molecular weight excluding hydrogens is 200 g/mol. The molecule has 0 aromatic heterocycles. The van der Waals surface area contributed by atoms with E-state index in [1.54, 1.807) is 0 Å². The van der Waals surface area contributed by atoms with Crippen LogP contribution in [0.3, 0.4) is 0 Å². The van der Waals surface area contributed by atoms with Crippen molar-refractivity contribution in [3.8, 4) is 0 Å². The number of rotatable bonds is 2. The molecule has 1 rings (SSSR count). The number of alkyl halides is 1. The van der Waals surface area contributed by atoms with Gasteiger partial charge >= 0.3 is 0 Å². The average molecular weight is 219 g/mol. The highest BCUT2D eigenvalue weighted by atomic mass is 35.5. The van der Waals surface area contributed by atoms with Gasteiger partial charge in [0.1, 0.15) is 0 Å². The maximum Gasteiger partial charge on any atom is 0.223 e. The minimum Gasteiger partial charge on any atom is -0.342 e. The van der Waals surface area contributed by atoms with Gasteiger partial charge < -0.3 is 10.6 Å². The quantitative estimate of drug-likeness (QED) is 0.705. The van der Waals surface area contributed by atoms with Crippen molar-refractivity contribution in [2.24, 2.45) is 17.6 Å². The van der Waals surface area contributed by atoms with Crippen LogP contribution in [-0.4, -0.2) is 35.8 Å². The predicted molar refractivity (Wildman–Crippen MR) is 58.2 cm³/mol. The zero-order chi connectivity index (χ0) is 10.7. The molecule has 3 nitrogen and oxygen atoms in total. The Kier molecular flexibility index (Phi) is 4.20. The Morgan fingerprint density at radius 2 is 1.93 bits per heavy atom. The summed E-state index contributed by atoms with van der Waals surface area (Å²) in [5.41, 5.74) is 5.99. The lowest BCUT2D eigenvalue weighted by atomic mass is 9.86. The zero-order valence-corrected chi connectivity index (χ0v) is 9.63. The van der Waals surface area contributed by atoms with Gasteiger partial charge in [-0.15, -0.1) is 11.6 Å². The molecule has 82 valence electrons. The molecule has 1 aliphatic rings. The van der Waals surface area contributed by atoms with Crippen LogP contribution in [0.4, 0.5) is 0 Å². The summed E-state index contributed by atoms with van der Waals surface area (Å²) in [4.78, 5) is 13.5. The first kappa shape index (κ1) is 11.8. The van der Waals surface area contributed by atoms with Gasteiger partial charge in [-0.25, -0.2) is 0 Å². The van der Waals surface area contributed by atoms with E-state index in [0.29, 0.717) is 24.1 Å². The monoisotopic (exact) mass is 218 g/mol. The number of nitrogens with zero attached hydrogens (tertiary/aromatic N) is 1. The number of likely N-dealkylation sites (tertiary alicyclic amines) is 1. The standard InChI is InChI=1S/C10H19ClN2O/c1-7-5-13(9(14)3-4-11)6-8(2)10(7)12/h7-8,10H,3-6,12H2,1-2H3. The van der Waals surface area contributed by atoms with Crippen molar-refractivity contribution in [2.75, 3.05) is 19.0 Å². The van der Waals surface area contributed by atoms with E-state index in [2.05, 4.69) is 13.8 Å². The normalized spacial score (nSPS) is 33.1. The van der Waals surface area contributed by atoms with Crippen LogP contribution in [0, 0.1) is 11.8 Å². The Hall–Kier alpha value is -0.280. The highest BCUT2D eigenvalue weighted by Gasteiger charge is 2.30. The molecule has 4 heteroatoms. The van der Waals surface area contributed by atoms with Gasteiger partial charge in [0.15, 0.2) is 0 Å². The van der Waals surface area contributed by atoms with Crippen molar-refractivity contribution in [3.05, 3.63) is 0 Å². The molecule has 0 bridgehead atoms. The van der Waals surface area contributed by atoms with E-state index in [1.165, 1.54) is 0 Å². The fourth-order valence-corrected chi connectivity index (χ4v) is 2.18. The van der Waals surface area contributed by atoms with Gasteiger partial charge in [-0.1, -0.05) is 13.8 Å². The number of hydrogen-bond acceptors (Lipinski definition) is 2. The maximum absolute atomic E-state index is 11.6. The van der Waals surface area contributed by atoms with Gasteiger partial charge in [0.05, 0.1) is 0 Å². The first-order valence-electron chi connectivity index (χ1n) is 5.15. The first-order valence-corrected chi connectivity index (χ1v) is 5.69. The molecule has 1 heterocycles. The number of halogens is 1. The topological polar surface area (TPSA) is 46.3 Å². The fraction of sp³-hybridized carbons (Fsp3) is 0.900. The third-order valence-corrected chi connectivity index (χ3v) is 3.18. The number of amides is 1. The SMILES string of the molecule is CC1CN(C(=O)CCCl)CC(C)C1N. The van der Waals surface area contributed by atoms with E-state index in [0.717, 1.165) is 13.1 Å². The summed E-state index contributed by atoms with van der Waals surface area (Å²) >= 11 is 5.54. The van der Waals surface area contributed by atoms with Gasteiger partial charge in [-0.3, -0.25) is 4.79 Å². The van der Waals surface area contributed by atoms with Crippen LogP contribution in [0.2, 0.25) is 0 Å². The Bertz CT molecular complexity index is 198. The van der Waals surface area contributed by atoms with Crippen LogP contribution in [0.25, 0.3) is 0 Å². The number of piperidine rings is 1. The van der Waals surface area contributed by atoms with E-state index >= 15 is 0 Å². The summed E-state index contributed by atoms with van der Waals surface area (Å²) in [6.45, 7) is 5.76. The van der Waals surface area contributed by atoms with Crippen molar-refractivity contribution < 1.29 is 4.79 Å². The molecule has 2 atom stereocenters. The number of hydrogen-bond donors (Lipinski definition) is 1.